The van der Waals surface area contributed by atoms with Crippen LogP contribution in [0.1, 0.15) is 15.9 Å². The molecule has 28 heavy (non-hydrogen) atoms. The lowest BCUT2D eigenvalue weighted by atomic mass is 10.1. The maximum Gasteiger partial charge on any atom is 0.269 e. The Morgan fingerprint density at radius 3 is 2.43 bits per heavy atom. The fraction of sp³-hybridized carbons (Fsp3) is 0.0952. The Morgan fingerprint density at radius 2 is 1.75 bits per heavy atom. The van der Waals surface area contributed by atoms with Crippen molar-refractivity contribution in [3.05, 3.63) is 98.5 Å². The molecule has 3 rings (SSSR count). The van der Waals surface area contributed by atoms with Gasteiger partial charge in [0.25, 0.3) is 11.6 Å². The van der Waals surface area contributed by atoms with Gasteiger partial charge in [0.2, 0.25) is 0 Å². The molecule has 0 heterocycles. The number of nitro benzene ring substituents is 1. The van der Waals surface area contributed by atoms with Crippen LogP contribution in [0.15, 0.2) is 77.3 Å². The largest absolute Gasteiger partial charge is 0.492 e. The zero-order chi connectivity index (χ0) is 19.9. The minimum Gasteiger partial charge on any atom is -0.492 e. The molecule has 142 valence electrons. The number of benzene rings is 3. The molecule has 3 aromatic carbocycles. The molecule has 0 saturated carbocycles. The summed E-state index contributed by atoms with van der Waals surface area (Å²) in [5, 5.41) is 13.5. The third kappa shape index (κ3) is 5.17. The molecule has 0 spiro atoms. The summed E-state index contributed by atoms with van der Waals surface area (Å²) < 4.78 is 6.58. The van der Waals surface area contributed by atoms with E-state index >= 15 is 0 Å². The van der Waals surface area contributed by atoms with Gasteiger partial charge < -0.3 is 10.1 Å². The second kappa shape index (κ2) is 9.14. The molecule has 0 unspecified atom stereocenters. The Balaban J connectivity index is 1.70. The maximum atomic E-state index is 12.7. The first-order valence-electron chi connectivity index (χ1n) is 8.55. The summed E-state index contributed by atoms with van der Waals surface area (Å²) in [4.78, 5) is 22.9. The van der Waals surface area contributed by atoms with E-state index in [1.165, 1.54) is 24.3 Å². The molecule has 0 atom stereocenters. The van der Waals surface area contributed by atoms with Gasteiger partial charge in [-0.25, -0.2) is 0 Å². The molecule has 0 radical (unpaired) electrons. The number of ether oxygens (including phenoxy) is 1. The van der Waals surface area contributed by atoms with E-state index < -0.39 is 4.92 Å². The van der Waals surface area contributed by atoms with Gasteiger partial charge in [-0.15, -0.1) is 0 Å². The fourth-order valence-corrected chi connectivity index (χ4v) is 2.96. The Morgan fingerprint density at radius 1 is 1.04 bits per heavy atom. The van der Waals surface area contributed by atoms with E-state index in [-0.39, 0.29) is 11.6 Å². The molecule has 0 fully saturated rings. The predicted molar refractivity (Wildman–Crippen MR) is 111 cm³/mol. The molecule has 0 bridgehead atoms. The number of halogens is 1. The summed E-state index contributed by atoms with van der Waals surface area (Å²) in [6.45, 7) is 0.434. The SMILES string of the molecule is O=C(Nc1ccc([N+](=O)[O-])cc1)c1cc(Br)ccc1OCCc1ccccc1. The van der Waals surface area contributed by atoms with Gasteiger partial charge in [-0.2, -0.15) is 0 Å². The Hall–Kier alpha value is -3.19. The van der Waals surface area contributed by atoms with Crippen LogP contribution in [0.4, 0.5) is 11.4 Å². The molecule has 6 nitrogen and oxygen atoms in total. The summed E-state index contributed by atoms with van der Waals surface area (Å²) in [6, 6.07) is 20.8. The summed E-state index contributed by atoms with van der Waals surface area (Å²) in [6.07, 6.45) is 0.723. The number of nitrogens with zero attached hydrogens (tertiary/aromatic N) is 1. The lowest BCUT2D eigenvalue weighted by Gasteiger charge is -2.12. The molecule has 0 aliphatic carbocycles. The van der Waals surface area contributed by atoms with Crippen molar-refractivity contribution in [1.82, 2.24) is 0 Å². The van der Waals surface area contributed by atoms with E-state index in [4.69, 9.17) is 4.74 Å². The van der Waals surface area contributed by atoms with Crippen LogP contribution in [-0.4, -0.2) is 17.4 Å². The number of hydrogen-bond donors (Lipinski definition) is 1. The summed E-state index contributed by atoms with van der Waals surface area (Å²) in [5.41, 5.74) is 1.95. The van der Waals surface area contributed by atoms with E-state index in [0.717, 1.165) is 16.5 Å². The third-order valence-electron chi connectivity index (χ3n) is 4.01. The summed E-state index contributed by atoms with van der Waals surface area (Å²) in [7, 11) is 0. The number of hydrogen-bond acceptors (Lipinski definition) is 4. The van der Waals surface area contributed by atoms with E-state index in [0.29, 0.717) is 23.6 Å². The van der Waals surface area contributed by atoms with Crippen molar-refractivity contribution in [3.8, 4) is 5.75 Å². The zero-order valence-electron chi connectivity index (χ0n) is 14.8. The normalized spacial score (nSPS) is 10.3. The van der Waals surface area contributed by atoms with Gasteiger partial charge in [0.15, 0.2) is 0 Å². The van der Waals surface area contributed by atoms with Crippen molar-refractivity contribution < 1.29 is 14.5 Å². The Bertz CT molecular complexity index is 975. The second-order valence-electron chi connectivity index (χ2n) is 5.98. The fourth-order valence-electron chi connectivity index (χ4n) is 2.59. The third-order valence-corrected chi connectivity index (χ3v) is 4.51. The van der Waals surface area contributed by atoms with Crippen LogP contribution in [-0.2, 0) is 6.42 Å². The molecule has 0 aliphatic rings. The number of anilines is 1. The lowest BCUT2D eigenvalue weighted by Crippen LogP contribution is -2.14. The maximum absolute atomic E-state index is 12.7. The van der Waals surface area contributed by atoms with Gasteiger partial charge in [-0.3, -0.25) is 14.9 Å². The smallest absolute Gasteiger partial charge is 0.269 e. The van der Waals surface area contributed by atoms with Gasteiger partial charge >= 0.3 is 0 Å². The van der Waals surface area contributed by atoms with Crippen LogP contribution in [0, 0.1) is 10.1 Å². The van der Waals surface area contributed by atoms with Crippen LogP contribution in [0.5, 0.6) is 5.75 Å². The minimum atomic E-state index is -0.488. The van der Waals surface area contributed by atoms with Crippen molar-refractivity contribution in [2.75, 3.05) is 11.9 Å². The number of nitro groups is 1. The van der Waals surface area contributed by atoms with Crippen molar-refractivity contribution >= 4 is 33.2 Å². The number of non-ortho nitro benzene ring substituents is 1. The van der Waals surface area contributed by atoms with Crippen molar-refractivity contribution in [2.45, 2.75) is 6.42 Å². The molecule has 0 aromatic heterocycles. The molecule has 0 aliphatic heterocycles. The van der Waals surface area contributed by atoms with E-state index in [1.54, 1.807) is 18.2 Å². The molecule has 0 saturated heterocycles. The van der Waals surface area contributed by atoms with Gasteiger partial charge in [0.05, 0.1) is 17.1 Å². The highest BCUT2D eigenvalue weighted by atomic mass is 79.9. The van der Waals surface area contributed by atoms with E-state index in [2.05, 4.69) is 21.2 Å². The monoisotopic (exact) mass is 440 g/mol. The molecule has 1 N–H and O–H groups in total. The highest BCUT2D eigenvalue weighted by Crippen LogP contribution is 2.25. The van der Waals surface area contributed by atoms with Gasteiger partial charge in [-0.05, 0) is 35.9 Å². The topological polar surface area (TPSA) is 81.5 Å². The average Bonchev–Trinajstić information content (AvgIpc) is 2.70. The van der Waals surface area contributed by atoms with E-state index in [9.17, 15) is 14.9 Å². The molecule has 3 aromatic rings. The highest BCUT2D eigenvalue weighted by molar-refractivity contribution is 9.10. The number of carbonyl (C=O) groups excluding carboxylic acids is 1. The first-order chi connectivity index (χ1) is 13.5. The first kappa shape index (κ1) is 19.6. The van der Waals surface area contributed by atoms with Crippen molar-refractivity contribution in [2.24, 2.45) is 0 Å². The van der Waals surface area contributed by atoms with Crippen LogP contribution >= 0.6 is 15.9 Å². The van der Waals surface area contributed by atoms with Crippen LogP contribution in [0.25, 0.3) is 0 Å². The Labute approximate surface area is 170 Å². The number of carbonyl (C=O) groups is 1. The zero-order valence-corrected chi connectivity index (χ0v) is 16.4. The summed E-state index contributed by atoms with van der Waals surface area (Å²) in [5.74, 6) is 0.114. The Kier molecular flexibility index (Phi) is 6.39. The minimum absolute atomic E-state index is 0.0367. The van der Waals surface area contributed by atoms with Crippen molar-refractivity contribution in [1.29, 1.82) is 0 Å². The van der Waals surface area contributed by atoms with E-state index in [1.807, 2.05) is 30.3 Å². The first-order valence-corrected chi connectivity index (χ1v) is 9.34. The second-order valence-corrected chi connectivity index (χ2v) is 6.90. The van der Waals surface area contributed by atoms with Crippen LogP contribution < -0.4 is 10.1 Å². The van der Waals surface area contributed by atoms with Gasteiger partial charge in [0.1, 0.15) is 5.75 Å². The van der Waals surface area contributed by atoms with Gasteiger partial charge in [0, 0.05) is 28.7 Å². The molecule has 7 heteroatoms. The quantitative estimate of drug-likeness (QED) is 0.402. The molecular weight excluding hydrogens is 424 g/mol. The number of rotatable bonds is 7. The lowest BCUT2D eigenvalue weighted by molar-refractivity contribution is -0.384. The van der Waals surface area contributed by atoms with Crippen LogP contribution in [0.2, 0.25) is 0 Å². The number of nitrogens with one attached hydrogen (secondary N) is 1. The van der Waals surface area contributed by atoms with Gasteiger partial charge in [-0.1, -0.05) is 46.3 Å². The van der Waals surface area contributed by atoms with Crippen molar-refractivity contribution in [3.63, 3.8) is 0 Å². The molecule has 1 amide bonds. The van der Waals surface area contributed by atoms with Crippen LogP contribution in [0.3, 0.4) is 0 Å². The number of amides is 1. The standard InChI is InChI=1S/C21H17BrN2O4/c22-16-6-11-20(28-13-12-15-4-2-1-3-5-15)19(14-16)21(25)23-17-7-9-18(10-8-17)24(26)27/h1-11,14H,12-13H2,(H,23,25). The predicted octanol–water partition coefficient (Wildman–Crippen LogP) is 5.23. The molecular formula is C21H17BrN2O4. The highest BCUT2D eigenvalue weighted by Gasteiger charge is 2.14. The summed E-state index contributed by atoms with van der Waals surface area (Å²) >= 11 is 3.37. The average molecular weight is 441 g/mol.